The molecule has 3 aromatic rings. The summed E-state index contributed by atoms with van der Waals surface area (Å²) in [6.07, 6.45) is 2.85. The number of aromatic nitrogens is 2. The third kappa shape index (κ3) is 2.43. The first kappa shape index (κ1) is 14.1. The highest BCUT2D eigenvalue weighted by molar-refractivity contribution is 5.70. The Bertz CT molecular complexity index is 870. The Labute approximate surface area is 134 Å². The number of imidazole rings is 1. The molecule has 0 spiro atoms. The maximum absolute atomic E-state index is 5.78. The van der Waals surface area contributed by atoms with Crippen molar-refractivity contribution in [3.8, 4) is 22.8 Å². The molecule has 1 aromatic carbocycles. The number of hydrogen-bond donors (Lipinski definition) is 1. The highest BCUT2D eigenvalue weighted by atomic mass is 16.6. The van der Waals surface area contributed by atoms with E-state index in [0.29, 0.717) is 19.8 Å². The van der Waals surface area contributed by atoms with E-state index in [9.17, 15) is 0 Å². The third-order valence-corrected chi connectivity index (χ3v) is 4.04. The van der Waals surface area contributed by atoms with Gasteiger partial charge in [0.15, 0.2) is 11.5 Å². The number of nitrogens with zero attached hydrogens (tertiary/aromatic N) is 2. The molecule has 23 heavy (non-hydrogen) atoms. The van der Waals surface area contributed by atoms with E-state index in [4.69, 9.17) is 20.2 Å². The number of fused-ring (bicyclic) bond motifs is 2. The summed E-state index contributed by atoms with van der Waals surface area (Å²) in [4.78, 5) is 4.74. The maximum Gasteiger partial charge on any atom is 0.162 e. The number of benzene rings is 1. The van der Waals surface area contributed by atoms with Crippen LogP contribution in [0.25, 0.3) is 16.9 Å². The van der Waals surface area contributed by atoms with E-state index in [0.717, 1.165) is 40.5 Å². The maximum atomic E-state index is 5.78. The van der Waals surface area contributed by atoms with Gasteiger partial charge >= 0.3 is 0 Å². The Balaban J connectivity index is 1.92. The van der Waals surface area contributed by atoms with E-state index in [-0.39, 0.29) is 0 Å². The largest absolute Gasteiger partial charge is 0.486 e. The van der Waals surface area contributed by atoms with Gasteiger partial charge in [-0.1, -0.05) is 6.07 Å². The molecule has 0 radical (unpaired) electrons. The summed E-state index contributed by atoms with van der Waals surface area (Å²) in [7, 11) is 0. The molecule has 0 bridgehead atoms. The molecular weight excluding hydrogens is 290 g/mol. The van der Waals surface area contributed by atoms with Crippen LogP contribution in [0, 0.1) is 6.92 Å². The first-order valence-electron chi connectivity index (χ1n) is 7.84. The predicted octanol–water partition coefficient (Wildman–Crippen LogP) is 2.58. The highest BCUT2D eigenvalue weighted by Gasteiger charge is 2.17. The molecule has 0 saturated heterocycles. The minimum atomic E-state index is 0.570. The molecule has 0 amide bonds. The van der Waals surface area contributed by atoms with Gasteiger partial charge in [0.25, 0.3) is 0 Å². The lowest BCUT2D eigenvalue weighted by Crippen LogP contribution is -2.15. The summed E-state index contributed by atoms with van der Waals surface area (Å²) in [6, 6.07) is 10.2. The first-order chi connectivity index (χ1) is 11.3. The molecule has 0 fully saturated rings. The van der Waals surface area contributed by atoms with Crippen LogP contribution < -0.4 is 15.2 Å². The number of nitrogens with two attached hydrogens (primary N) is 1. The second-order valence-corrected chi connectivity index (χ2v) is 5.74. The zero-order chi connectivity index (χ0) is 15.8. The Morgan fingerprint density at radius 2 is 1.96 bits per heavy atom. The summed E-state index contributed by atoms with van der Waals surface area (Å²) in [5.41, 5.74) is 11.0. The number of rotatable bonds is 3. The van der Waals surface area contributed by atoms with Gasteiger partial charge in [-0.2, -0.15) is 0 Å². The van der Waals surface area contributed by atoms with Gasteiger partial charge < -0.3 is 15.2 Å². The molecule has 2 N–H and O–H groups in total. The van der Waals surface area contributed by atoms with Crippen molar-refractivity contribution in [3.05, 3.63) is 47.8 Å². The smallest absolute Gasteiger partial charge is 0.162 e. The highest BCUT2D eigenvalue weighted by Crippen LogP contribution is 2.36. The van der Waals surface area contributed by atoms with Crippen molar-refractivity contribution in [2.75, 3.05) is 19.8 Å². The van der Waals surface area contributed by atoms with E-state index in [1.807, 2.05) is 18.2 Å². The fourth-order valence-electron chi connectivity index (χ4n) is 3.01. The Morgan fingerprint density at radius 3 is 2.78 bits per heavy atom. The molecule has 0 atom stereocenters. The van der Waals surface area contributed by atoms with Crippen LogP contribution in [0.4, 0.5) is 0 Å². The molecular formula is C18H19N3O2. The topological polar surface area (TPSA) is 61.8 Å². The second kappa shape index (κ2) is 5.59. The number of aryl methyl sites for hydroxylation is 1. The zero-order valence-electron chi connectivity index (χ0n) is 13.1. The quantitative estimate of drug-likeness (QED) is 0.808. The fourth-order valence-corrected chi connectivity index (χ4v) is 3.01. The molecule has 5 nitrogen and oxygen atoms in total. The number of hydrogen-bond acceptors (Lipinski definition) is 4. The summed E-state index contributed by atoms with van der Waals surface area (Å²) in [6.45, 7) is 3.83. The standard InChI is InChI=1S/C18H19N3O2/c1-12-2-5-17-20-14(6-7-19)18(21(17)11-12)13-3-4-15-16(10-13)23-9-8-22-15/h2-5,10-11H,6-9,19H2,1H3. The SMILES string of the molecule is Cc1ccc2nc(CCN)c(-c3ccc4c(c3)OCCO4)n2c1. The van der Waals surface area contributed by atoms with Gasteiger partial charge in [0.1, 0.15) is 18.9 Å². The fraction of sp³-hybridized carbons (Fsp3) is 0.278. The summed E-state index contributed by atoms with van der Waals surface area (Å²) >= 11 is 0. The summed E-state index contributed by atoms with van der Waals surface area (Å²) < 4.78 is 13.5. The van der Waals surface area contributed by atoms with Gasteiger partial charge in [0, 0.05) is 18.2 Å². The van der Waals surface area contributed by atoms with E-state index >= 15 is 0 Å². The molecule has 0 unspecified atom stereocenters. The molecule has 5 heteroatoms. The first-order valence-corrected chi connectivity index (χ1v) is 7.84. The Kier molecular flexibility index (Phi) is 3.42. The van der Waals surface area contributed by atoms with Crippen molar-refractivity contribution in [1.82, 2.24) is 9.38 Å². The molecule has 4 rings (SSSR count). The molecule has 2 aromatic heterocycles. The van der Waals surface area contributed by atoms with E-state index in [2.05, 4.69) is 29.7 Å². The number of pyridine rings is 1. The van der Waals surface area contributed by atoms with Gasteiger partial charge in [-0.05, 0) is 43.3 Å². The predicted molar refractivity (Wildman–Crippen MR) is 89.1 cm³/mol. The number of ether oxygens (including phenoxy) is 2. The van der Waals surface area contributed by atoms with Crippen LogP contribution in [0.1, 0.15) is 11.3 Å². The second-order valence-electron chi connectivity index (χ2n) is 5.74. The van der Waals surface area contributed by atoms with E-state index in [1.54, 1.807) is 0 Å². The molecule has 3 heterocycles. The normalized spacial score (nSPS) is 13.5. The van der Waals surface area contributed by atoms with Crippen LogP contribution in [0.15, 0.2) is 36.5 Å². The van der Waals surface area contributed by atoms with Gasteiger partial charge in [-0.15, -0.1) is 0 Å². The van der Waals surface area contributed by atoms with Crippen molar-refractivity contribution >= 4 is 5.65 Å². The minimum absolute atomic E-state index is 0.570. The molecule has 1 aliphatic heterocycles. The molecule has 118 valence electrons. The van der Waals surface area contributed by atoms with Crippen LogP contribution in [0.3, 0.4) is 0 Å². The van der Waals surface area contributed by atoms with Crippen molar-refractivity contribution < 1.29 is 9.47 Å². The average molecular weight is 309 g/mol. The lowest BCUT2D eigenvalue weighted by atomic mass is 10.1. The lowest BCUT2D eigenvalue weighted by molar-refractivity contribution is 0.171. The minimum Gasteiger partial charge on any atom is -0.486 e. The monoisotopic (exact) mass is 309 g/mol. The van der Waals surface area contributed by atoms with Crippen molar-refractivity contribution in [3.63, 3.8) is 0 Å². The van der Waals surface area contributed by atoms with Crippen LogP contribution in [0.2, 0.25) is 0 Å². The van der Waals surface area contributed by atoms with E-state index < -0.39 is 0 Å². The molecule has 1 aliphatic rings. The van der Waals surface area contributed by atoms with Crippen LogP contribution >= 0.6 is 0 Å². The zero-order valence-corrected chi connectivity index (χ0v) is 13.1. The Morgan fingerprint density at radius 1 is 1.13 bits per heavy atom. The van der Waals surface area contributed by atoms with Crippen molar-refractivity contribution in [1.29, 1.82) is 0 Å². The van der Waals surface area contributed by atoms with Gasteiger partial charge in [0.05, 0.1) is 11.4 Å². The molecule has 0 aliphatic carbocycles. The lowest BCUT2D eigenvalue weighted by Gasteiger charge is -2.19. The van der Waals surface area contributed by atoms with Gasteiger partial charge in [-0.25, -0.2) is 4.98 Å². The van der Waals surface area contributed by atoms with Gasteiger partial charge in [0.2, 0.25) is 0 Å². The molecule has 0 saturated carbocycles. The van der Waals surface area contributed by atoms with Gasteiger partial charge in [-0.3, -0.25) is 4.40 Å². The summed E-state index contributed by atoms with van der Waals surface area (Å²) in [5.74, 6) is 1.58. The third-order valence-electron chi connectivity index (χ3n) is 4.04. The van der Waals surface area contributed by atoms with Crippen LogP contribution in [-0.2, 0) is 6.42 Å². The van der Waals surface area contributed by atoms with Crippen molar-refractivity contribution in [2.45, 2.75) is 13.3 Å². The van der Waals surface area contributed by atoms with Crippen molar-refractivity contribution in [2.24, 2.45) is 5.73 Å². The van der Waals surface area contributed by atoms with Crippen LogP contribution in [0.5, 0.6) is 11.5 Å². The Hall–Kier alpha value is -2.53. The van der Waals surface area contributed by atoms with E-state index in [1.165, 1.54) is 5.56 Å². The average Bonchev–Trinajstić information content (AvgIpc) is 2.92. The van der Waals surface area contributed by atoms with Crippen LogP contribution in [-0.4, -0.2) is 29.1 Å². The summed E-state index contributed by atoms with van der Waals surface area (Å²) in [5, 5.41) is 0.